The molecule has 0 saturated carbocycles. The van der Waals surface area contributed by atoms with Crippen molar-refractivity contribution >= 4 is 11.7 Å². The number of carbonyl (C=O) groups excluding carboxylic acids is 2. The van der Waals surface area contributed by atoms with Crippen LogP contribution in [0.1, 0.15) is 22.8 Å². The second-order valence-corrected chi connectivity index (χ2v) is 5.60. The molecule has 2 aromatic rings. The summed E-state index contributed by atoms with van der Waals surface area (Å²) in [5.41, 5.74) is 6.76. The van der Waals surface area contributed by atoms with Crippen molar-refractivity contribution in [3.05, 3.63) is 65.7 Å². The second-order valence-electron chi connectivity index (χ2n) is 5.60. The minimum absolute atomic E-state index is 0.0352. The lowest BCUT2D eigenvalue weighted by atomic mass is 10.0. The van der Waals surface area contributed by atoms with E-state index in [9.17, 15) is 9.59 Å². The molecule has 5 heteroatoms. The largest absolute Gasteiger partial charge is 0.484 e. The first kappa shape index (κ1) is 17.7. The lowest BCUT2D eigenvalue weighted by Gasteiger charge is -2.23. The Hall–Kier alpha value is -2.66. The molecular formula is C19H22N2O3. The van der Waals surface area contributed by atoms with Crippen LogP contribution in [0.4, 0.5) is 0 Å². The van der Waals surface area contributed by atoms with E-state index in [4.69, 9.17) is 10.5 Å². The van der Waals surface area contributed by atoms with Gasteiger partial charge in [-0.15, -0.1) is 0 Å². The average Bonchev–Trinajstić information content (AvgIpc) is 2.65. The summed E-state index contributed by atoms with van der Waals surface area (Å²) in [5, 5.41) is 0. The molecule has 2 aromatic carbocycles. The topological polar surface area (TPSA) is 72.6 Å². The van der Waals surface area contributed by atoms with E-state index in [0.29, 0.717) is 23.4 Å². The Morgan fingerprint density at radius 1 is 1.04 bits per heavy atom. The van der Waals surface area contributed by atoms with Gasteiger partial charge in [-0.25, -0.2) is 0 Å². The SMILES string of the molecule is CC(CN)N(C)C(=O)COc1ccc(C(=O)c2ccccc2)cc1. The maximum absolute atomic E-state index is 12.3. The summed E-state index contributed by atoms with van der Waals surface area (Å²) >= 11 is 0. The fraction of sp³-hybridized carbons (Fsp3) is 0.263. The Morgan fingerprint density at radius 2 is 1.62 bits per heavy atom. The van der Waals surface area contributed by atoms with Crippen LogP contribution < -0.4 is 10.5 Å². The number of hydrogen-bond donors (Lipinski definition) is 1. The molecule has 2 rings (SSSR count). The quantitative estimate of drug-likeness (QED) is 0.791. The number of ether oxygens (including phenoxy) is 1. The molecule has 0 radical (unpaired) electrons. The highest BCUT2D eigenvalue weighted by Gasteiger charge is 2.15. The molecule has 0 bridgehead atoms. The predicted octanol–water partition coefficient (Wildman–Crippen LogP) is 2.10. The number of amides is 1. The van der Waals surface area contributed by atoms with Crippen molar-refractivity contribution in [2.24, 2.45) is 5.73 Å². The molecule has 0 aliphatic rings. The van der Waals surface area contributed by atoms with Crippen LogP contribution in [0.15, 0.2) is 54.6 Å². The zero-order valence-electron chi connectivity index (χ0n) is 13.9. The van der Waals surface area contributed by atoms with Crippen molar-refractivity contribution < 1.29 is 14.3 Å². The Balaban J connectivity index is 1.95. The van der Waals surface area contributed by atoms with Crippen LogP contribution >= 0.6 is 0 Å². The lowest BCUT2D eigenvalue weighted by molar-refractivity contribution is -0.133. The van der Waals surface area contributed by atoms with Gasteiger partial charge in [-0.1, -0.05) is 30.3 Å². The maximum atomic E-state index is 12.3. The molecule has 0 fully saturated rings. The van der Waals surface area contributed by atoms with Crippen LogP contribution in [0.5, 0.6) is 5.75 Å². The van der Waals surface area contributed by atoms with Crippen LogP contribution in [0.2, 0.25) is 0 Å². The molecule has 0 spiro atoms. The highest BCUT2D eigenvalue weighted by atomic mass is 16.5. The van der Waals surface area contributed by atoms with Crippen molar-refractivity contribution in [3.8, 4) is 5.75 Å². The summed E-state index contributed by atoms with van der Waals surface area (Å²) in [6, 6.07) is 15.8. The molecule has 2 N–H and O–H groups in total. The fourth-order valence-electron chi connectivity index (χ4n) is 2.11. The summed E-state index contributed by atoms with van der Waals surface area (Å²) in [7, 11) is 1.70. The van der Waals surface area contributed by atoms with Gasteiger partial charge >= 0.3 is 0 Å². The first-order chi connectivity index (χ1) is 11.5. The normalized spacial score (nSPS) is 11.6. The number of carbonyl (C=O) groups is 2. The van der Waals surface area contributed by atoms with Gasteiger partial charge in [0.2, 0.25) is 0 Å². The van der Waals surface area contributed by atoms with Crippen LogP contribution in [-0.2, 0) is 4.79 Å². The molecule has 0 aromatic heterocycles. The molecule has 126 valence electrons. The van der Waals surface area contributed by atoms with E-state index >= 15 is 0 Å². The minimum atomic E-state index is -0.141. The number of hydrogen-bond acceptors (Lipinski definition) is 4. The van der Waals surface area contributed by atoms with Crippen molar-refractivity contribution in [1.29, 1.82) is 0 Å². The lowest BCUT2D eigenvalue weighted by Crippen LogP contribution is -2.42. The third-order valence-corrected chi connectivity index (χ3v) is 3.91. The highest BCUT2D eigenvalue weighted by molar-refractivity contribution is 6.08. The Kier molecular flexibility index (Phi) is 6.09. The first-order valence-electron chi connectivity index (χ1n) is 7.81. The number of nitrogens with zero attached hydrogens (tertiary/aromatic N) is 1. The molecule has 0 aliphatic carbocycles. The zero-order chi connectivity index (χ0) is 17.5. The summed E-state index contributed by atoms with van der Waals surface area (Å²) in [4.78, 5) is 25.8. The van der Waals surface area contributed by atoms with Crippen LogP contribution in [0, 0.1) is 0 Å². The number of benzene rings is 2. The van der Waals surface area contributed by atoms with Crippen molar-refractivity contribution in [2.75, 3.05) is 20.2 Å². The number of rotatable bonds is 7. The summed E-state index contributed by atoms with van der Waals surface area (Å²) in [6.45, 7) is 2.22. The van der Waals surface area contributed by atoms with Crippen molar-refractivity contribution in [3.63, 3.8) is 0 Å². The zero-order valence-corrected chi connectivity index (χ0v) is 13.9. The predicted molar refractivity (Wildman–Crippen MR) is 93.1 cm³/mol. The highest BCUT2D eigenvalue weighted by Crippen LogP contribution is 2.15. The summed E-state index contributed by atoms with van der Waals surface area (Å²) < 4.78 is 5.48. The van der Waals surface area contributed by atoms with E-state index in [1.54, 1.807) is 48.3 Å². The molecule has 1 amide bonds. The average molecular weight is 326 g/mol. The third-order valence-electron chi connectivity index (χ3n) is 3.91. The van der Waals surface area contributed by atoms with Crippen LogP contribution in [0.3, 0.4) is 0 Å². The van der Waals surface area contributed by atoms with Gasteiger partial charge in [0.05, 0.1) is 0 Å². The van der Waals surface area contributed by atoms with Gasteiger partial charge in [0.15, 0.2) is 12.4 Å². The molecule has 1 atom stereocenters. The van der Waals surface area contributed by atoms with Gasteiger partial charge in [-0.2, -0.15) is 0 Å². The van der Waals surface area contributed by atoms with Gasteiger partial charge in [0, 0.05) is 30.8 Å². The molecule has 0 heterocycles. The molecular weight excluding hydrogens is 304 g/mol. The van der Waals surface area contributed by atoms with E-state index in [1.165, 1.54) is 0 Å². The molecule has 24 heavy (non-hydrogen) atoms. The van der Waals surface area contributed by atoms with Crippen LogP contribution in [-0.4, -0.2) is 42.8 Å². The smallest absolute Gasteiger partial charge is 0.260 e. The summed E-state index contributed by atoms with van der Waals surface area (Å²) in [6.07, 6.45) is 0. The maximum Gasteiger partial charge on any atom is 0.260 e. The molecule has 0 aliphatic heterocycles. The Bertz CT molecular complexity index is 684. The third kappa shape index (κ3) is 4.43. The van der Waals surface area contributed by atoms with Crippen molar-refractivity contribution in [2.45, 2.75) is 13.0 Å². The minimum Gasteiger partial charge on any atom is -0.484 e. The van der Waals surface area contributed by atoms with Crippen LogP contribution in [0.25, 0.3) is 0 Å². The second kappa shape index (κ2) is 8.26. The van der Waals surface area contributed by atoms with Gasteiger partial charge in [0.25, 0.3) is 5.91 Å². The number of ketones is 1. The Morgan fingerprint density at radius 3 is 2.21 bits per heavy atom. The number of nitrogens with two attached hydrogens (primary N) is 1. The van der Waals surface area contributed by atoms with Gasteiger partial charge in [-0.05, 0) is 31.2 Å². The fourth-order valence-corrected chi connectivity index (χ4v) is 2.11. The monoisotopic (exact) mass is 326 g/mol. The van der Waals surface area contributed by atoms with E-state index in [0.717, 1.165) is 0 Å². The number of likely N-dealkylation sites (N-methyl/N-ethyl adjacent to an activating group) is 1. The van der Waals surface area contributed by atoms with E-state index in [1.807, 2.05) is 25.1 Å². The van der Waals surface area contributed by atoms with Gasteiger partial charge in [0.1, 0.15) is 5.75 Å². The summed E-state index contributed by atoms with van der Waals surface area (Å²) in [5.74, 6) is 0.355. The van der Waals surface area contributed by atoms with E-state index in [2.05, 4.69) is 0 Å². The first-order valence-corrected chi connectivity index (χ1v) is 7.81. The Labute approximate surface area is 142 Å². The van der Waals surface area contributed by atoms with Gasteiger partial charge in [-0.3, -0.25) is 9.59 Å². The van der Waals surface area contributed by atoms with E-state index < -0.39 is 0 Å². The van der Waals surface area contributed by atoms with Gasteiger partial charge < -0.3 is 15.4 Å². The standard InChI is InChI=1S/C19H22N2O3/c1-14(12-20)21(2)18(22)13-24-17-10-8-16(9-11-17)19(23)15-6-4-3-5-7-15/h3-11,14H,12-13,20H2,1-2H3. The molecule has 1 unspecified atom stereocenters. The van der Waals surface area contributed by atoms with Crippen molar-refractivity contribution in [1.82, 2.24) is 4.90 Å². The molecule has 5 nitrogen and oxygen atoms in total. The van der Waals surface area contributed by atoms with E-state index in [-0.39, 0.29) is 24.3 Å². The molecule has 0 saturated heterocycles.